The van der Waals surface area contributed by atoms with Gasteiger partial charge in [-0.15, -0.1) is 23.2 Å². The summed E-state index contributed by atoms with van der Waals surface area (Å²) in [6, 6.07) is -9.83. The molecule has 2 saturated heterocycles. The number of benzene rings is 1. The van der Waals surface area contributed by atoms with Crippen molar-refractivity contribution in [3.63, 3.8) is 0 Å². The summed E-state index contributed by atoms with van der Waals surface area (Å²) >= 11 is 14.8. The number of aliphatic hydroxyl groups is 9. The molecule has 20 N–H and O–H groups in total. The minimum Gasteiger partial charge on any atom is -0.485 e. The van der Waals surface area contributed by atoms with Gasteiger partial charge < -0.3 is 118 Å². The molecule has 33 heteroatoms. The molecule has 8 saturated carbocycles. The summed E-state index contributed by atoms with van der Waals surface area (Å²) in [7, 11) is 1.54. The van der Waals surface area contributed by atoms with E-state index < -0.39 is 234 Å². The third-order valence-corrected chi connectivity index (χ3v) is 28.6. The van der Waals surface area contributed by atoms with Crippen molar-refractivity contribution in [1.82, 2.24) is 47.9 Å². The zero-order valence-electron chi connectivity index (χ0n) is 66.8. The van der Waals surface area contributed by atoms with Crippen molar-refractivity contribution >= 4 is 70.5 Å². The van der Waals surface area contributed by atoms with Gasteiger partial charge in [0.25, 0.3) is 0 Å². The van der Waals surface area contributed by atoms with Gasteiger partial charge in [-0.05, 0) is 206 Å². The first-order chi connectivity index (χ1) is 55.0. The first kappa shape index (κ1) is 88.8. The molecule has 0 radical (unpaired) electrons. The summed E-state index contributed by atoms with van der Waals surface area (Å²) in [4.78, 5) is 123. The van der Waals surface area contributed by atoms with Crippen LogP contribution in [0.15, 0.2) is 12.1 Å². The van der Waals surface area contributed by atoms with Crippen LogP contribution < -0.4 is 67.8 Å². The number of halogens is 2. The van der Waals surface area contributed by atoms with E-state index in [0.717, 1.165) is 64.2 Å². The van der Waals surface area contributed by atoms with Gasteiger partial charge in [-0.2, -0.15) is 0 Å². The molecule has 1 aromatic carbocycles. The number of hydrogen-bond acceptors (Lipinski definition) is 23. The molecule has 1 aromatic rings. The van der Waals surface area contributed by atoms with E-state index in [0.29, 0.717) is 18.4 Å². The van der Waals surface area contributed by atoms with Gasteiger partial charge in [0.15, 0.2) is 11.5 Å². The topological polar surface area (TPSA) is 490 Å². The highest BCUT2D eigenvalue weighted by Crippen LogP contribution is 2.55. The molecule has 15 bridgehead atoms. The van der Waals surface area contributed by atoms with E-state index in [9.17, 15) is 55.5 Å². The highest BCUT2D eigenvalue weighted by molar-refractivity contribution is 6.21. The van der Waals surface area contributed by atoms with Crippen LogP contribution in [-0.2, 0) is 43.1 Å². The lowest BCUT2D eigenvalue weighted by Gasteiger charge is -2.55. The number of unbranched alkanes of at least 4 members (excludes halogenated alkanes) is 9. The first-order valence-corrected chi connectivity index (χ1v) is 43.9. The van der Waals surface area contributed by atoms with Crippen molar-refractivity contribution in [3.8, 4) is 17.2 Å². The van der Waals surface area contributed by atoms with Gasteiger partial charge in [0.1, 0.15) is 72.9 Å². The second-order valence-corrected chi connectivity index (χ2v) is 37.2. The predicted molar refractivity (Wildman–Crippen MR) is 420 cm³/mol. The highest BCUT2D eigenvalue weighted by atomic mass is 35.5. The molecule has 14 aliphatic rings. The number of nitrogens with two attached hydrogens (primary N) is 1. The highest BCUT2D eigenvalue weighted by Gasteiger charge is 2.58. The van der Waals surface area contributed by atoms with Gasteiger partial charge in [0.2, 0.25) is 59.3 Å². The average Bonchev–Trinajstić information content (AvgIpc) is 0.755. The van der Waals surface area contributed by atoms with Crippen LogP contribution in [0.1, 0.15) is 206 Å². The van der Waals surface area contributed by atoms with Crippen LogP contribution in [0.5, 0.6) is 17.2 Å². The number of primary amides is 1. The van der Waals surface area contributed by atoms with Crippen molar-refractivity contribution in [3.05, 3.63) is 17.7 Å². The Bertz CT molecular complexity index is 3490. The number of fused-ring (bicyclic) bond motifs is 15. The van der Waals surface area contributed by atoms with Crippen molar-refractivity contribution < 1.29 is 103 Å². The van der Waals surface area contributed by atoms with Crippen LogP contribution in [0.4, 0.5) is 0 Å². The fourth-order valence-corrected chi connectivity index (χ4v) is 22.5. The molecule has 10 fully saturated rings. The molecule has 6 aliphatic heterocycles. The Morgan fingerprint density at radius 3 is 1.77 bits per heavy atom. The normalized spacial score (nSPS) is 40.4. The molecule has 0 aromatic heterocycles. The van der Waals surface area contributed by atoms with Crippen LogP contribution >= 0.6 is 23.2 Å². The largest absolute Gasteiger partial charge is 0.485 e. The molecule has 6 heterocycles. The van der Waals surface area contributed by atoms with Crippen LogP contribution in [0.3, 0.4) is 0 Å². The zero-order chi connectivity index (χ0) is 82.4. The molecule has 115 heavy (non-hydrogen) atoms. The Morgan fingerprint density at radius 2 is 1.18 bits per heavy atom. The molecule has 646 valence electrons. The standard InChI is InChI=1S/C82H128Cl2N10O21/c1-5-6-7-8-9-10-11-12-13-14-21-87-35-48-54(97)33-47-61(70(48)101)46-28-40(15-18-53(46)96)63-77(107)94-67(81(111)92-65(47)79(109)89-62-43-24-38-23-39(26-43)27-44(62)25-38)69(100)42-17-20-56(50(84)30-42)113-58-32-45-31-57(74(58)115-82-73(104)72(103)71(102)59(36-95)114-82)112-55-19-16-41(29-49(55)83)68(99)66(93-75(105)51(86-4)22-37(2)3)80(110)88-52(34-60(85)98)76(106)90-64(45)78(108)91-63/h31-32,37-44,46-56,59,61-73,82,86-87,95-97,99-104H,5-30,33-36H2,1-4H3,(H2,85,98)(H,88,110)(H,89,109)(H,90,106)(H,91,108)(H,92,111)(H,93,105)(H,94,107)/t38?,39?,40-,41-,42-,43?,44?,46?,47?,48?,49+,50-,51+,52-,53+,54-,55+,56+,59+,61?,62?,63+,64+,65-,66+,67-,68+,69+,70-,71+,72-,73+,82-/m0/s1. The summed E-state index contributed by atoms with van der Waals surface area (Å²) in [6.45, 7) is 5.81. The van der Waals surface area contributed by atoms with Crippen molar-refractivity contribution in [2.75, 3.05) is 26.7 Å². The molecule has 8 aliphatic carbocycles. The Kier molecular flexibility index (Phi) is 30.7. The Morgan fingerprint density at radius 1 is 0.591 bits per heavy atom. The van der Waals surface area contributed by atoms with E-state index in [4.69, 9.17) is 47.9 Å². The fraction of sp³-hybridized carbons (Fsp3) is 0.829. The summed E-state index contributed by atoms with van der Waals surface area (Å²) < 4.78 is 26.3. The van der Waals surface area contributed by atoms with Crippen molar-refractivity contribution in [2.45, 2.75) is 327 Å². The molecule has 31 nitrogen and oxygen atoms in total. The number of hydrogen-bond donors (Lipinski definition) is 19. The molecule has 15 rings (SSSR count). The lowest BCUT2D eigenvalue weighted by atomic mass is 9.54. The molecular weight excluding hydrogens is 1530 g/mol. The Balaban J connectivity index is 0.963. The third-order valence-electron chi connectivity index (χ3n) is 27.7. The second kappa shape index (κ2) is 39.8. The van der Waals surface area contributed by atoms with Gasteiger partial charge in [-0.1, -0.05) is 78.6 Å². The summed E-state index contributed by atoms with van der Waals surface area (Å²) in [5.74, 6) is -14.7. The van der Waals surface area contributed by atoms with E-state index in [1.54, 1.807) is 7.05 Å². The Labute approximate surface area is 683 Å². The van der Waals surface area contributed by atoms with E-state index >= 15 is 28.8 Å². The molecule has 8 amide bonds. The third kappa shape index (κ3) is 20.7. The predicted octanol–water partition coefficient (Wildman–Crippen LogP) is 1.23. The lowest BCUT2D eigenvalue weighted by Crippen LogP contribution is -2.68. The quantitative estimate of drug-likeness (QED) is 0.0483. The smallest absolute Gasteiger partial charge is 0.247 e. The van der Waals surface area contributed by atoms with Gasteiger partial charge >= 0.3 is 0 Å². The number of amides is 8. The van der Waals surface area contributed by atoms with Crippen LogP contribution in [0, 0.1) is 71.0 Å². The number of ether oxygens (including phenoxy) is 4. The maximum absolute atomic E-state index is 16.5. The first-order valence-electron chi connectivity index (χ1n) is 43.0. The van der Waals surface area contributed by atoms with E-state index in [1.165, 1.54) is 44.2 Å². The molecule has 4 unspecified atom stereocenters. The number of rotatable bonds is 25. The molecular formula is C82H128Cl2N10O21. The Hall–Kier alpha value is -5.52. The van der Waals surface area contributed by atoms with Gasteiger partial charge in [0.05, 0.1) is 60.3 Å². The number of alkyl halides is 2. The zero-order valence-corrected chi connectivity index (χ0v) is 68.3. The molecule has 28 atom stereocenters. The van der Waals surface area contributed by atoms with Crippen LogP contribution in [-0.4, -0.2) is 246 Å². The van der Waals surface area contributed by atoms with Gasteiger partial charge in [-0.3, -0.25) is 38.4 Å². The van der Waals surface area contributed by atoms with Crippen molar-refractivity contribution in [1.29, 1.82) is 0 Å². The number of carbonyl (C=O) groups excluding carboxylic acids is 8. The lowest BCUT2D eigenvalue weighted by molar-refractivity contribution is -0.278. The maximum atomic E-state index is 16.5. The van der Waals surface area contributed by atoms with Gasteiger partial charge in [-0.25, -0.2) is 0 Å². The molecule has 0 spiro atoms. The number of carbonyl (C=O) groups is 8. The fourth-order valence-electron chi connectivity index (χ4n) is 21.6. The SMILES string of the molecule is CCCCCCCCCCCCNCC1[C@H](O)C2C3C[C@H](CC[C@H]3O)[C@H]3NC(=O)[C@@H]4NC(=O)[C@H](CC(N)=O)NC(=O)[C@H](NC(=O)[C@@H](CC(C)C)NC)[C@H](O)[C@H]5CC[C@@H](Oc6cc4cc(c6O[C@@H]4O[C@H](CO)[C@@H](O)[C@H](O)[C@H]4O)O[C@@H]4CC[C@@H](C[C@@H]4Cl)[C@@H](O)[C@H](NC3=O)C(=O)N[C@H](C(=O)NC3C4CC6CC(C4)CC3C6)C2C[C@@H]1O)[C@H](Cl)C5. The minimum atomic E-state index is -2.12. The summed E-state index contributed by atoms with van der Waals surface area (Å²) in [5.41, 5.74) is 5.64. The van der Waals surface area contributed by atoms with Crippen LogP contribution in [0.2, 0.25) is 0 Å². The monoisotopic (exact) mass is 1660 g/mol. The van der Waals surface area contributed by atoms with Crippen LogP contribution in [0.25, 0.3) is 0 Å². The summed E-state index contributed by atoms with van der Waals surface area (Å²) in [6.07, 6.45) is -4.07. The van der Waals surface area contributed by atoms with E-state index in [1.807, 2.05) is 13.8 Å². The van der Waals surface area contributed by atoms with E-state index in [-0.39, 0.29) is 118 Å². The number of nitrogens with one attached hydrogen (secondary N) is 9. The van der Waals surface area contributed by atoms with Crippen molar-refractivity contribution in [2.24, 2.45) is 76.7 Å². The average molecular weight is 1660 g/mol. The summed E-state index contributed by atoms with van der Waals surface area (Å²) in [5, 5.41) is 133. The number of aliphatic hydroxyl groups excluding tert-OH is 9. The van der Waals surface area contributed by atoms with Gasteiger partial charge in [0, 0.05) is 18.5 Å². The minimum absolute atomic E-state index is 0.00452. The number of likely N-dealkylation sites (N-methyl/N-ethyl adjacent to an activating group) is 1. The second-order valence-electron chi connectivity index (χ2n) is 36.1. The maximum Gasteiger partial charge on any atom is 0.247 e. The van der Waals surface area contributed by atoms with E-state index in [2.05, 4.69) is 54.8 Å².